The molecule has 1 unspecified atom stereocenters. The maximum Gasteiger partial charge on any atom is 0.221 e. The van der Waals surface area contributed by atoms with E-state index >= 15 is 0 Å². The van der Waals surface area contributed by atoms with E-state index in [-0.39, 0.29) is 11.9 Å². The quantitative estimate of drug-likeness (QED) is 0.832. The van der Waals surface area contributed by atoms with Gasteiger partial charge >= 0.3 is 0 Å². The summed E-state index contributed by atoms with van der Waals surface area (Å²) in [6.07, 6.45) is 0.519. The van der Waals surface area contributed by atoms with Gasteiger partial charge < -0.3 is 20.1 Å². The predicted octanol–water partition coefficient (Wildman–Crippen LogP) is 1.42. The standard InChI is InChI=1S/C15H22N2O3S/c1-19-13-4-3-11(14(8-13)20-2)9-17-15(18)7-12-10-21-6-5-16-12/h3-4,8,12,16H,5-7,9-10H2,1-2H3,(H,17,18). The van der Waals surface area contributed by atoms with Crippen LogP contribution in [0.4, 0.5) is 0 Å². The minimum Gasteiger partial charge on any atom is -0.497 e. The van der Waals surface area contributed by atoms with Crippen molar-refractivity contribution >= 4 is 17.7 Å². The number of methoxy groups -OCH3 is 2. The molecule has 1 aromatic carbocycles. The van der Waals surface area contributed by atoms with Gasteiger partial charge in [-0.05, 0) is 12.1 Å². The van der Waals surface area contributed by atoms with E-state index in [1.807, 2.05) is 30.0 Å². The molecule has 1 atom stereocenters. The molecule has 2 rings (SSSR count). The molecule has 1 aromatic rings. The van der Waals surface area contributed by atoms with Gasteiger partial charge in [-0.25, -0.2) is 0 Å². The van der Waals surface area contributed by atoms with E-state index in [1.165, 1.54) is 0 Å². The molecule has 0 spiro atoms. The number of ether oxygens (including phenoxy) is 2. The first-order valence-electron chi connectivity index (χ1n) is 7.01. The zero-order valence-electron chi connectivity index (χ0n) is 12.5. The van der Waals surface area contributed by atoms with Gasteiger partial charge in [0, 0.05) is 48.7 Å². The molecular formula is C15H22N2O3S. The summed E-state index contributed by atoms with van der Waals surface area (Å²) in [6.45, 7) is 1.45. The zero-order chi connectivity index (χ0) is 15.1. The second kappa shape index (κ2) is 8.14. The van der Waals surface area contributed by atoms with Crippen LogP contribution in [0, 0.1) is 0 Å². The number of benzene rings is 1. The second-order valence-corrected chi connectivity index (χ2v) is 6.03. The van der Waals surface area contributed by atoms with Crippen LogP contribution in [0.2, 0.25) is 0 Å². The molecule has 1 heterocycles. The first-order chi connectivity index (χ1) is 10.2. The summed E-state index contributed by atoms with van der Waals surface area (Å²) in [7, 11) is 3.23. The number of hydrogen-bond acceptors (Lipinski definition) is 5. The van der Waals surface area contributed by atoms with Crippen molar-refractivity contribution in [2.75, 3.05) is 32.3 Å². The van der Waals surface area contributed by atoms with Crippen molar-refractivity contribution in [3.8, 4) is 11.5 Å². The van der Waals surface area contributed by atoms with Gasteiger partial charge in [0.2, 0.25) is 5.91 Å². The molecule has 0 bridgehead atoms. The Balaban J connectivity index is 1.85. The van der Waals surface area contributed by atoms with E-state index in [2.05, 4.69) is 10.6 Å². The molecule has 1 aliphatic heterocycles. The summed E-state index contributed by atoms with van der Waals surface area (Å²) in [6, 6.07) is 5.87. The smallest absolute Gasteiger partial charge is 0.221 e. The van der Waals surface area contributed by atoms with E-state index in [1.54, 1.807) is 14.2 Å². The number of carbonyl (C=O) groups excluding carboxylic acids is 1. The third kappa shape index (κ3) is 4.82. The van der Waals surface area contributed by atoms with Crippen LogP contribution < -0.4 is 20.1 Å². The fourth-order valence-electron chi connectivity index (χ4n) is 2.24. The Hall–Kier alpha value is -1.40. The molecule has 0 saturated carbocycles. The molecule has 5 nitrogen and oxygen atoms in total. The van der Waals surface area contributed by atoms with Crippen LogP contribution in [0.3, 0.4) is 0 Å². The Morgan fingerprint density at radius 2 is 2.29 bits per heavy atom. The van der Waals surface area contributed by atoms with Gasteiger partial charge in [0.05, 0.1) is 14.2 Å². The highest BCUT2D eigenvalue weighted by atomic mass is 32.2. The molecule has 1 amide bonds. The van der Waals surface area contributed by atoms with Gasteiger partial charge in [-0.15, -0.1) is 0 Å². The van der Waals surface area contributed by atoms with Crippen LogP contribution >= 0.6 is 11.8 Å². The molecular weight excluding hydrogens is 288 g/mol. The summed E-state index contributed by atoms with van der Waals surface area (Å²) < 4.78 is 10.5. The number of hydrogen-bond donors (Lipinski definition) is 2. The van der Waals surface area contributed by atoms with Crippen molar-refractivity contribution in [1.29, 1.82) is 0 Å². The molecule has 0 aromatic heterocycles. The molecule has 2 N–H and O–H groups in total. The topological polar surface area (TPSA) is 59.6 Å². The van der Waals surface area contributed by atoms with E-state index in [4.69, 9.17) is 9.47 Å². The summed E-state index contributed by atoms with van der Waals surface area (Å²) in [5.74, 6) is 3.65. The van der Waals surface area contributed by atoms with Gasteiger partial charge in [0.1, 0.15) is 11.5 Å². The Morgan fingerprint density at radius 1 is 1.43 bits per heavy atom. The minimum atomic E-state index is 0.0628. The average molecular weight is 310 g/mol. The van der Waals surface area contributed by atoms with Crippen LogP contribution in [0.25, 0.3) is 0 Å². The van der Waals surface area contributed by atoms with E-state index in [0.29, 0.717) is 13.0 Å². The molecule has 6 heteroatoms. The number of thioether (sulfide) groups is 1. The van der Waals surface area contributed by atoms with Crippen LogP contribution in [0.15, 0.2) is 18.2 Å². The van der Waals surface area contributed by atoms with Crippen LogP contribution in [0.5, 0.6) is 11.5 Å². The fourth-order valence-corrected chi connectivity index (χ4v) is 3.19. The van der Waals surface area contributed by atoms with Gasteiger partial charge in [0.25, 0.3) is 0 Å². The van der Waals surface area contributed by atoms with Gasteiger partial charge in [-0.2, -0.15) is 11.8 Å². The Morgan fingerprint density at radius 3 is 2.95 bits per heavy atom. The molecule has 0 aliphatic carbocycles. The Kier molecular flexibility index (Phi) is 6.20. The molecule has 116 valence electrons. The van der Waals surface area contributed by atoms with E-state index in [9.17, 15) is 4.79 Å². The van der Waals surface area contributed by atoms with Crippen molar-refractivity contribution < 1.29 is 14.3 Å². The molecule has 1 saturated heterocycles. The maximum absolute atomic E-state index is 12.0. The van der Waals surface area contributed by atoms with Crippen molar-refractivity contribution in [2.24, 2.45) is 0 Å². The Labute approximate surface area is 129 Å². The highest BCUT2D eigenvalue weighted by molar-refractivity contribution is 7.99. The number of rotatable bonds is 6. The van der Waals surface area contributed by atoms with Crippen molar-refractivity contribution in [1.82, 2.24) is 10.6 Å². The summed E-state index contributed by atoms with van der Waals surface area (Å²) in [5.41, 5.74) is 0.942. The molecule has 21 heavy (non-hydrogen) atoms. The normalized spacial score (nSPS) is 18.1. The summed E-state index contributed by atoms with van der Waals surface area (Å²) in [5, 5.41) is 6.31. The first kappa shape index (κ1) is 16.0. The fraction of sp³-hybridized carbons (Fsp3) is 0.533. The third-order valence-electron chi connectivity index (χ3n) is 3.40. The third-order valence-corrected chi connectivity index (χ3v) is 4.53. The lowest BCUT2D eigenvalue weighted by Crippen LogP contribution is -2.41. The highest BCUT2D eigenvalue weighted by Crippen LogP contribution is 2.24. The number of amides is 1. The monoisotopic (exact) mass is 310 g/mol. The number of nitrogens with one attached hydrogen (secondary N) is 2. The second-order valence-electron chi connectivity index (χ2n) is 4.88. The minimum absolute atomic E-state index is 0.0628. The lowest BCUT2D eigenvalue weighted by atomic mass is 10.1. The molecule has 0 radical (unpaired) electrons. The zero-order valence-corrected chi connectivity index (χ0v) is 13.3. The molecule has 1 fully saturated rings. The van der Waals surface area contributed by atoms with Gasteiger partial charge in [-0.1, -0.05) is 0 Å². The molecule has 1 aliphatic rings. The van der Waals surface area contributed by atoms with E-state index in [0.717, 1.165) is 35.1 Å². The van der Waals surface area contributed by atoms with Crippen LogP contribution in [-0.2, 0) is 11.3 Å². The van der Waals surface area contributed by atoms with Gasteiger partial charge in [-0.3, -0.25) is 4.79 Å². The van der Waals surface area contributed by atoms with Gasteiger partial charge in [0.15, 0.2) is 0 Å². The first-order valence-corrected chi connectivity index (χ1v) is 8.17. The van der Waals surface area contributed by atoms with Crippen LogP contribution in [-0.4, -0.2) is 44.2 Å². The highest BCUT2D eigenvalue weighted by Gasteiger charge is 2.16. The lowest BCUT2D eigenvalue weighted by molar-refractivity contribution is -0.121. The van der Waals surface area contributed by atoms with Crippen molar-refractivity contribution in [3.63, 3.8) is 0 Å². The summed E-state index contributed by atoms with van der Waals surface area (Å²) in [4.78, 5) is 12.0. The Bertz CT molecular complexity index is 476. The largest absolute Gasteiger partial charge is 0.497 e. The number of carbonyl (C=O) groups is 1. The maximum atomic E-state index is 12.0. The summed E-state index contributed by atoms with van der Waals surface area (Å²) >= 11 is 1.89. The van der Waals surface area contributed by atoms with Crippen molar-refractivity contribution in [3.05, 3.63) is 23.8 Å². The lowest BCUT2D eigenvalue weighted by Gasteiger charge is -2.22. The average Bonchev–Trinajstić information content (AvgIpc) is 2.53. The van der Waals surface area contributed by atoms with Crippen LogP contribution in [0.1, 0.15) is 12.0 Å². The van der Waals surface area contributed by atoms with E-state index < -0.39 is 0 Å². The SMILES string of the molecule is COc1ccc(CNC(=O)CC2CSCCN2)c(OC)c1. The predicted molar refractivity (Wildman–Crippen MR) is 85.1 cm³/mol. The van der Waals surface area contributed by atoms with Crippen molar-refractivity contribution in [2.45, 2.75) is 19.0 Å².